The zero-order chi connectivity index (χ0) is 64.0. The molecule has 18 rings (SSSR count). The van der Waals surface area contributed by atoms with Gasteiger partial charge >= 0.3 is 0 Å². The van der Waals surface area contributed by atoms with E-state index in [0.717, 1.165) is 102 Å². The van der Waals surface area contributed by atoms with E-state index in [-0.39, 0.29) is 18.8 Å². The third-order valence-corrected chi connectivity index (χ3v) is 20.8. The van der Waals surface area contributed by atoms with Gasteiger partial charge < -0.3 is 24.3 Å². The van der Waals surface area contributed by atoms with Crippen molar-refractivity contribution in [2.75, 3.05) is 19.6 Å². The molecular weight excluding hydrogens is 1180 g/mol. The Bertz CT molecular complexity index is 5160. The Hall–Kier alpha value is -11.4. The summed E-state index contributed by atoms with van der Waals surface area (Å²) < 4.78 is 7.17. The van der Waals surface area contributed by atoms with Gasteiger partial charge in [-0.3, -0.25) is 0 Å². The molecule has 0 unspecified atom stereocenters. The summed E-state index contributed by atoms with van der Waals surface area (Å²) >= 11 is 1.86. The van der Waals surface area contributed by atoms with Crippen LogP contribution < -0.4 is 57.1 Å². The van der Waals surface area contributed by atoms with Crippen LogP contribution in [0.2, 0.25) is 0 Å². The van der Waals surface area contributed by atoms with Crippen molar-refractivity contribution in [1.29, 1.82) is 0 Å². The van der Waals surface area contributed by atoms with Crippen LogP contribution in [-0.4, -0.2) is 13.4 Å². The molecule has 96 heavy (non-hydrogen) atoms. The van der Waals surface area contributed by atoms with E-state index in [4.69, 9.17) is 4.74 Å². The van der Waals surface area contributed by atoms with E-state index in [1.54, 1.807) is 0 Å². The molecule has 0 aromatic heterocycles. The van der Waals surface area contributed by atoms with Crippen LogP contribution in [0.25, 0.3) is 33.4 Å². The van der Waals surface area contributed by atoms with E-state index in [2.05, 4.69) is 374 Å². The summed E-state index contributed by atoms with van der Waals surface area (Å²) in [6.45, 7) is 6.60. The van der Waals surface area contributed by atoms with Gasteiger partial charge in [-0.25, -0.2) is 0 Å². The van der Waals surface area contributed by atoms with E-state index in [0.29, 0.717) is 0 Å². The molecule has 0 spiro atoms. The van der Waals surface area contributed by atoms with Crippen LogP contribution in [0, 0.1) is 0 Å². The second kappa shape index (κ2) is 23.2. The zero-order valence-corrected chi connectivity index (χ0v) is 54.3. The molecule has 0 radical (unpaired) electrons. The second-order valence-electron chi connectivity index (χ2n) is 26.4. The predicted molar refractivity (Wildman–Crippen MR) is 407 cm³/mol. The summed E-state index contributed by atoms with van der Waals surface area (Å²) in [7, 11) is 0. The molecule has 14 aromatic carbocycles. The molecule has 0 aliphatic carbocycles. The first kappa shape index (κ1) is 57.2. The largest absolute Gasteiger partial charge is 0.458 e. The van der Waals surface area contributed by atoms with Crippen molar-refractivity contribution in [2.24, 2.45) is 0 Å². The maximum atomic E-state index is 7.17. The lowest BCUT2D eigenvalue weighted by molar-refractivity contribution is 0.486. The van der Waals surface area contributed by atoms with Crippen molar-refractivity contribution in [3.05, 3.63) is 339 Å². The van der Waals surface area contributed by atoms with Crippen molar-refractivity contribution < 1.29 is 4.74 Å². The highest BCUT2D eigenvalue weighted by atomic mass is 32.2. The number of hydrogen-bond donors (Lipinski definition) is 0. The topological polar surface area (TPSA) is 22.2 Å². The minimum Gasteiger partial charge on any atom is -0.458 e. The summed E-state index contributed by atoms with van der Waals surface area (Å²) in [5.41, 5.74) is 28.7. The third-order valence-electron chi connectivity index (χ3n) is 19.7. The van der Waals surface area contributed by atoms with Gasteiger partial charge in [-0.2, -0.15) is 0 Å². The monoisotopic (exact) mass is 1250 g/mol. The smallest absolute Gasteiger partial charge is 0.253 e. The van der Waals surface area contributed by atoms with Gasteiger partial charge in [0.25, 0.3) is 13.4 Å². The van der Waals surface area contributed by atoms with Gasteiger partial charge in [0.15, 0.2) is 0 Å². The predicted octanol–water partition coefficient (Wildman–Crippen LogP) is 20.1. The minimum atomic E-state index is -0.174. The molecule has 14 aromatic rings. The minimum absolute atomic E-state index is 0.0157. The van der Waals surface area contributed by atoms with Crippen LogP contribution in [0.5, 0.6) is 11.5 Å². The first-order valence-corrected chi connectivity index (χ1v) is 34.0. The molecule has 0 saturated heterocycles. The highest BCUT2D eigenvalue weighted by molar-refractivity contribution is 8.00. The zero-order valence-electron chi connectivity index (χ0n) is 53.5. The first-order valence-electron chi connectivity index (χ1n) is 33.2. The highest BCUT2D eigenvalue weighted by Gasteiger charge is 2.47. The first-order chi connectivity index (χ1) is 47.3. The quantitative estimate of drug-likeness (QED) is 0.120. The molecule has 0 N–H and O–H groups in total. The number of anilines is 12. The van der Waals surface area contributed by atoms with Gasteiger partial charge in [0.05, 0.1) is 17.1 Å². The summed E-state index contributed by atoms with van der Waals surface area (Å²) in [6, 6.07) is 123. The van der Waals surface area contributed by atoms with E-state index in [1.165, 1.54) is 59.3 Å². The van der Waals surface area contributed by atoms with Crippen molar-refractivity contribution >= 4 is 126 Å². The van der Waals surface area contributed by atoms with Gasteiger partial charge in [-0.05, 0) is 169 Å². The Labute approximate surface area is 567 Å². The Kier molecular flexibility index (Phi) is 13.9. The Morgan fingerprint density at radius 1 is 0.302 bits per heavy atom. The average molecular weight is 1250 g/mol. The fraction of sp³-hybridized carbons (Fsp3) is 0.0455. The molecule has 0 bridgehead atoms. The fourth-order valence-corrected chi connectivity index (χ4v) is 16.4. The number of nitrogens with zero attached hydrogens (tertiary/aromatic N) is 4. The molecule has 0 fully saturated rings. The van der Waals surface area contributed by atoms with Crippen LogP contribution in [0.3, 0.4) is 0 Å². The Morgan fingerprint density at radius 2 is 0.771 bits per heavy atom. The maximum absolute atomic E-state index is 7.17. The van der Waals surface area contributed by atoms with Crippen LogP contribution in [0.15, 0.2) is 343 Å². The lowest BCUT2D eigenvalue weighted by Gasteiger charge is -2.46. The van der Waals surface area contributed by atoms with Crippen molar-refractivity contribution in [3.8, 4) is 44.9 Å². The van der Waals surface area contributed by atoms with Gasteiger partial charge in [0, 0.05) is 72.6 Å². The molecule has 5 nitrogen and oxygen atoms in total. The van der Waals surface area contributed by atoms with E-state index < -0.39 is 0 Å². The molecular formula is C88H64B2N4OS. The number of rotatable bonds is 11. The number of ether oxygens (including phenoxy) is 1. The lowest BCUT2D eigenvalue weighted by Crippen LogP contribution is -2.64. The highest BCUT2D eigenvalue weighted by Crippen LogP contribution is 2.52. The molecule has 4 aliphatic heterocycles. The Balaban J connectivity index is 0.916. The van der Waals surface area contributed by atoms with E-state index in [1.807, 2.05) is 11.8 Å². The van der Waals surface area contributed by atoms with Crippen LogP contribution in [-0.2, 0) is 5.41 Å². The molecule has 0 atom stereocenters. The van der Waals surface area contributed by atoms with Gasteiger partial charge in [-0.1, -0.05) is 262 Å². The van der Waals surface area contributed by atoms with Crippen LogP contribution in [0.4, 0.5) is 68.2 Å². The maximum Gasteiger partial charge on any atom is 0.253 e. The molecule has 0 saturated carbocycles. The summed E-state index contributed by atoms with van der Waals surface area (Å²) in [5, 5.41) is 0. The molecule has 4 heterocycles. The van der Waals surface area contributed by atoms with Crippen molar-refractivity contribution in [1.82, 2.24) is 0 Å². The summed E-state index contributed by atoms with van der Waals surface area (Å²) in [5.74, 6) is 1.76. The normalized spacial score (nSPS) is 12.9. The standard InChI is InChI=1S/C88H64B2N4OS/c1-88(2,3)64-47-41-63(42-48-64)72-35-19-22-38-77(72)94-79-58-84-76(90-74-37-21-24-40-82(74)95-83-55-71(56-85(96-84)87(83)90)91(65-29-13-6-14-30-65)66-31-15-7-16-32-66)57-75(79)89-73-36-20-23-39-78(73)93(67-33-17-8-18-34-67)80-53-70(54-81(94)86(80)89)92(68-49-43-61(44-50-68)59-25-9-4-10-26-59)69-51-45-62(46-52-69)60-27-11-5-12-28-60/h4-58H,1-3H3. The van der Waals surface area contributed by atoms with Crippen LogP contribution >= 0.6 is 11.8 Å². The lowest BCUT2D eigenvalue weighted by atomic mass is 9.31. The molecule has 454 valence electrons. The Morgan fingerprint density at radius 3 is 1.38 bits per heavy atom. The van der Waals surface area contributed by atoms with Gasteiger partial charge in [-0.15, -0.1) is 0 Å². The molecule has 4 aliphatic rings. The molecule has 8 heteroatoms. The number of hydrogen-bond acceptors (Lipinski definition) is 6. The number of fused-ring (bicyclic) bond motifs is 8. The van der Waals surface area contributed by atoms with Crippen LogP contribution in [0.1, 0.15) is 26.3 Å². The van der Waals surface area contributed by atoms with Crippen molar-refractivity contribution in [3.63, 3.8) is 0 Å². The fourth-order valence-electron chi connectivity index (χ4n) is 15.2. The van der Waals surface area contributed by atoms with Gasteiger partial charge in [0.1, 0.15) is 11.5 Å². The van der Waals surface area contributed by atoms with Crippen molar-refractivity contribution in [2.45, 2.75) is 36.0 Å². The average Bonchev–Trinajstić information content (AvgIpc) is 0.686. The van der Waals surface area contributed by atoms with E-state index >= 15 is 0 Å². The summed E-state index contributed by atoms with van der Waals surface area (Å²) in [6.07, 6.45) is 0. The molecule has 0 amide bonds. The summed E-state index contributed by atoms with van der Waals surface area (Å²) in [4.78, 5) is 12.4. The second-order valence-corrected chi connectivity index (χ2v) is 27.5. The van der Waals surface area contributed by atoms with E-state index in [9.17, 15) is 0 Å². The SMILES string of the molecule is CC(C)(C)c1ccc(-c2ccccc2N2c3cc4c(cc3B3c5ccccc5N(c5ccccc5)c5cc(N(c6ccc(-c7ccccc7)cc6)c6ccc(-c7ccccc7)cc6)cc2c53)B2c3ccccc3Oc3cc(N(c5ccccc5)c5ccccc5)cc(c32)S4)cc1. The third kappa shape index (κ3) is 9.73. The number of para-hydroxylation sites is 6. The van der Waals surface area contributed by atoms with Gasteiger partial charge in [0.2, 0.25) is 0 Å². The number of benzene rings is 14.